The summed E-state index contributed by atoms with van der Waals surface area (Å²) in [5.74, 6) is -0.316. The molecule has 0 saturated carbocycles. The van der Waals surface area contributed by atoms with Crippen molar-refractivity contribution in [1.82, 2.24) is 10.2 Å². The molecule has 26 heavy (non-hydrogen) atoms. The lowest BCUT2D eigenvalue weighted by atomic mass is 9.95. The van der Waals surface area contributed by atoms with E-state index in [9.17, 15) is 19.7 Å². The van der Waals surface area contributed by atoms with Crippen molar-refractivity contribution in [3.05, 3.63) is 63.0 Å². The van der Waals surface area contributed by atoms with Crippen molar-refractivity contribution < 1.29 is 14.5 Å². The van der Waals surface area contributed by atoms with E-state index >= 15 is 0 Å². The summed E-state index contributed by atoms with van der Waals surface area (Å²) >= 11 is 0.949. The molecule has 2 aromatic rings. The highest BCUT2D eigenvalue weighted by atomic mass is 32.1. The second-order valence-electron chi connectivity index (χ2n) is 6.20. The number of nitrogens with one attached hydrogen (secondary N) is 1. The molecule has 136 valence electrons. The van der Waals surface area contributed by atoms with Gasteiger partial charge in [0.1, 0.15) is 0 Å². The zero-order chi connectivity index (χ0) is 18.5. The number of piperidine rings is 1. The number of carbonyl (C=O) groups is 2. The summed E-state index contributed by atoms with van der Waals surface area (Å²) in [5.41, 5.74) is 1.39. The Morgan fingerprint density at radius 1 is 1.23 bits per heavy atom. The quantitative estimate of drug-likeness (QED) is 0.644. The number of rotatable bonds is 5. The minimum absolute atomic E-state index is 0.00660. The predicted molar refractivity (Wildman–Crippen MR) is 97.9 cm³/mol. The lowest BCUT2D eigenvalue weighted by Gasteiger charge is -2.31. The van der Waals surface area contributed by atoms with Gasteiger partial charge in [-0.2, -0.15) is 0 Å². The number of hydrogen-bond acceptors (Lipinski definition) is 5. The molecule has 0 bridgehead atoms. The number of benzene rings is 1. The van der Waals surface area contributed by atoms with Gasteiger partial charge in [0.25, 0.3) is 5.91 Å². The Labute approximate surface area is 154 Å². The molecule has 2 heterocycles. The van der Waals surface area contributed by atoms with Gasteiger partial charge >= 0.3 is 5.00 Å². The zero-order valence-electron chi connectivity index (χ0n) is 14.1. The first-order valence-electron chi connectivity index (χ1n) is 8.38. The molecule has 1 fully saturated rings. The number of nitro groups is 1. The first-order chi connectivity index (χ1) is 12.5. The van der Waals surface area contributed by atoms with E-state index in [0.717, 1.165) is 16.9 Å². The molecule has 0 aliphatic carbocycles. The van der Waals surface area contributed by atoms with Crippen LogP contribution < -0.4 is 5.32 Å². The second-order valence-corrected chi connectivity index (χ2v) is 7.09. The van der Waals surface area contributed by atoms with Gasteiger partial charge in [0.15, 0.2) is 0 Å². The summed E-state index contributed by atoms with van der Waals surface area (Å²) in [7, 11) is 0. The van der Waals surface area contributed by atoms with E-state index in [2.05, 4.69) is 5.32 Å². The second kappa shape index (κ2) is 8.09. The molecule has 1 aliphatic heterocycles. The van der Waals surface area contributed by atoms with Crippen LogP contribution in [0.15, 0.2) is 41.8 Å². The smallest absolute Gasteiger partial charge is 0.324 e. The number of amides is 2. The zero-order valence-corrected chi connectivity index (χ0v) is 14.9. The van der Waals surface area contributed by atoms with E-state index in [1.807, 2.05) is 30.3 Å². The Balaban J connectivity index is 1.49. The van der Waals surface area contributed by atoms with Gasteiger partial charge in [-0.3, -0.25) is 19.7 Å². The molecule has 1 aromatic carbocycles. The molecule has 0 unspecified atom stereocenters. The fourth-order valence-corrected chi connectivity index (χ4v) is 3.69. The van der Waals surface area contributed by atoms with Crippen molar-refractivity contribution >= 4 is 28.2 Å². The van der Waals surface area contributed by atoms with Crippen molar-refractivity contribution in [3.63, 3.8) is 0 Å². The normalized spacial score (nSPS) is 14.8. The molecule has 1 aliphatic rings. The van der Waals surface area contributed by atoms with Gasteiger partial charge in [-0.05, 0) is 18.4 Å². The van der Waals surface area contributed by atoms with E-state index < -0.39 is 4.92 Å². The highest BCUT2D eigenvalue weighted by Crippen LogP contribution is 2.25. The summed E-state index contributed by atoms with van der Waals surface area (Å²) in [4.78, 5) is 36.6. The molecule has 0 atom stereocenters. The van der Waals surface area contributed by atoms with Crippen LogP contribution in [0.1, 0.15) is 28.8 Å². The summed E-state index contributed by atoms with van der Waals surface area (Å²) < 4.78 is 0. The summed E-state index contributed by atoms with van der Waals surface area (Å²) in [5, 5.41) is 15.2. The molecule has 1 N–H and O–H groups in total. The Bertz CT molecular complexity index is 798. The molecule has 8 heteroatoms. The maximum atomic E-state index is 12.4. The number of nitrogens with zero attached hydrogens (tertiary/aromatic N) is 2. The average Bonchev–Trinajstić information content (AvgIpc) is 3.17. The maximum Gasteiger partial charge on any atom is 0.324 e. The Morgan fingerprint density at radius 3 is 2.54 bits per heavy atom. The van der Waals surface area contributed by atoms with Gasteiger partial charge in [0.2, 0.25) is 5.91 Å². The lowest BCUT2D eigenvalue weighted by Crippen LogP contribution is -2.42. The van der Waals surface area contributed by atoms with Crippen molar-refractivity contribution in [2.45, 2.75) is 19.4 Å². The molecular formula is C18H19N3O4S. The van der Waals surface area contributed by atoms with E-state index in [0.29, 0.717) is 38.0 Å². The van der Waals surface area contributed by atoms with E-state index in [4.69, 9.17) is 0 Å². The van der Waals surface area contributed by atoms with Crippen LogP contribution in [0.25, 0.3) is 0 Å². The Kier molecular flexibility index (Phi) is 5.62. The average molecular weight is 373 g/mol. The Hall–Kier alpha value is -2.74. The van der Waals surface area contributed by atoms with Gasteiger partial charge in [0.05, 0.1) is 10.5 Å². The van der Waals surface area contributed by atoms with Gasteiger partial charge in [-0.25, -0.2) is 0 Å². The summed E-state index contributed by atoms with van der Waals surface area (Å²) in [6.45, 7) is 1.45. The van der Waals surface area contributed by atoms with Crippen LogP contribution in [-0.2, 0) is 11.3 Å². The fourth-order valence-electron chi connectivity index (χ4n) is 2.99. The number of carbonyl (C=O) groups excluding carboxylic acids is 2. The number of likely N-dealkylation sites (tertiary alicyclic amines) is 1. The molecule has 1 aromatic heterocycles. The highest BCUT2D eigenvalue weighted by molar-refractivity contribution is 7.13. The van der Waals surface area contributed by atoms with Crippen LogP contribution in [0.3, 0.4) is 0 Å². The van der Waals surface area contributed by atoms with Crippen LogP contribution in [0, 0.1) is 16.0 Å². The molecule has 2 amide bonds. The van der Waals surface area contributed by atoms with Crippen molar-refractivity contribution in [2.24, 2.45) is 5.92 Å². The first-order valence-corrected chi connectivity index (χ1v) is 9.26. The molecular weight excluding hydrogens is 354 g/mol. The molecule has 3 rings (SSSR count). The number of thiophene rings is 1. The van der Waals surface area contributed by atoms with Crippen molar-refractivity contribution in [2.75, 3.05) is 13.1 Å². The predicted octanol–water partition coefficient (Wildman–Crippen LogP) is 2.82. The monoisotopic (exact) mass is 373 g/mol. The molecule has 0 radical (unpaired) electrons. The summed E-state index contributed by atoms with van der Waals surface area (Å²) in [6, 6.07) is 11.0. The largest absolute Gasteiger partial charge is 0.352 e. The lowest BCUT2D eigenvalue weighted by molar-refractivity contribution is -0.380. The third-order valence-electron chi connectivity index (χ3n) is 4.48. The van der Waals surface area contributed by atoms with Gasteiger partial charge in [-0.15, -0.1) is 0 Å². The number of hydrogen-bond donors (Lipinski definition) is 1. The van der Waals surface area contributed by atoms with Gasteiger partial charge < -0.3 is 10.2 Å². The minimum atomic E-state index is -0.495. The minimum Gasteiger partial charge on any atom is -0.352 e. The highest BCUT2D eigenvalue weighted by Gasteiger charge is 2.28. The maximum absolute atomic E-state index is 12.4. The van der Waals surface area contributed by atoms with Gasteiger partial charge in [0, 0.05) is 37.0 Å². The third-order valence-corrected chi connectivity index (χ3v) is 5.36. The van der Waals surface area contributed by atoms with Crippen LogP contribution in [0.2, 0.25) is 0 Å². The molecule has 0 spiro atoms. The molecule has 7 nitrogen and oxygen atoms in total. The van der Waals surface area contributed by atoms with Crippen LogP contribution >= 0.6 is 11.3 Å². The first kappa shape index (κ1) is 18.1. The van der Waals surface area contributed by atoms with E-state index in [1.54, 1.807) is 4.90 Å². The van der Waals surface area contributed by atoms with Crippen LogP contribution in [-0.4, -0.2) is 34.7 Å². The van der Waals surface area contributed by atoms with Crippen LogP contribution in [0.4, 0.5) is 5.00 Å². The Morgan fingerprint density at radius 2 is 1.92 bits per heavy atom. The standard InChI is InChI=1S/C18H19N3O4S/c22-17(19-11-13-4-2-1-3-5-13)14-6-8-20(9-7-14)18(23)15-10-16(21(24)25)26-12-15/h1-5,10,12,14H,6-9,11H2,(H,19,22). The topological polar surface area (TPSA) is 92.6 Å². The van der Waals surface area contributed by atoms with Crippen molar-refractivity contribution in [1.29, 1.82) is 0 Å². The fraction of sp³-hybridized carbons (Fsp3) is 0.333. The van der Waals surface area contributed by atoms with E-state index in [1.165, 1.54) is 11.4 Å². The molecule has 1 saturated heterocycles. The van der Waals surface area contributed by atoms with Crippen molar-refractivity contribution in [3.8, 4) is 0 Å². The van der Waals surface area contributed by atoms with Crippen LogP contribution in [0.5, 0.6) is 0 Å². The van der Waals surface area contributed by atoms with E-state index in [-0.39, 0.29) is 22.7 Å². The summed E-state index contributed by atoms with van der Waals surface area (Å²) in [6.07, 6.45) is 1.19. The SMILES string of the molecule is O=C(NCc1ccccc1)C1CCN(C(=O)c2csc([N+](=O)[O-])c2)CC1. The third kappa shape index (κ3) is 4.26. The van der Waals surface area contributed by atoms with Gasteiger partial charge in [-0.1, -0.05) is 41.7 Å².